The van der Waals surface area contributed by atoms with Gasteiger partial charge in [-0.25, -0.2) is 4.39 Å². The van der Waals surface area contributed by atoms with Crippen molar-refractivity contribution in [3.05, 3.63) is 76.7 Å². The molecular weight excluding hydrogens is 377 g/mol. The Morgan fingerprint density at radius 1 is 1.21 bits per heavy atom. The number of benzene rings is 2. The lowest BCUT2D eigenvalue weighted by Gasteiger charge is -2.12. The highest BCUT2D eigenvalue weighted by Crippen LogP contribution is 2.19. The zero-order chi connectivity index (χ0) is 20.4. The molecule has 0 aliphatic carbocycles. The van der Waals surface area contributed by atoms with Gasteiger partial charge in [-0.3, -0.25) is 14.3 Å². The van der Waals surface area contributed by atoms with E-state index in [4.69, 9.17) is 4.52 Å². The fourth-order valence-electron chi connectivity index (χ4n) is 2.90. The van der Waals surface area contributed by atoms with Crippen molar-refractivity contribution in [3.8, 4) is 11.4 Å². The van der Waals surface area contributed by atoms with Crippen LogP contribution in [0.15, 0.2) is 64.0 Å². The molecule has 0 aliphatic rings. The number of carbonyl (C=O) groups excluding carboxylic acids is 1. The van der Waals surface area contributed by atoms with Crippen molar-refractivity contribution in [2.75, 3.05) is 0 Å². The zero-order valence-corrected chi connectivity index (χ0v) is 15.4. The molecule has 4 rings (SSSR count). The van der Waals surface area contributed by atoms with Crippen LogP contribution < -0.4 is 10.7 Å². The van der Waals surface area contributed by atoms with Gasteiger partial charge in [0.1, 0.15) is 18.4 Å². The molecule has 1 amide bonds. The number of amides is 1. The van der Waals surface area contributed by atoms with Gasteiger partial charge in [-0.15, -0.1) is 0 Å². The molecule has 0 saturated heterocycles. The summed E-state index contributed by atoms with van der Waals surface area (Å²) in [6, 6.07) is 12.1. The third kappa shape index (κ3) is 3.88. The standard InChI is InChI=1S/C20H16FN5O3/c1-12(20-24-19(25-29-20)13-6-8-14(21)9-7-13)23-18(28)11-26-16-5-3-2-4-15(16)17(27)10-22-26/h2-10,12H,11H2,1H3,(H,23,28). The lowest BCUT2D eigenvalue weighted by molar-refractivity contribution is -0.122. The molecule has 1 unspecified atom stereocenters. The van der Waals surface area contributed by atoms with Crippen LogP contribution in [0.1, 0.15) is 18.9 Å². The summed E-state index contributed by atoms with van der Waals surface area (Å²) in [6.07, 6.45) is 1.19. The predicted octanol–water partition coefficient (Wildman–Crippen LogP) is 2.46. The largest absolute Gasteiger partial charge is 0.343 e. The number of hydrogen-bond donors (Lipinski definition) is 1. The van der Waals surface area contributed by atoms with Crippen LogP contribution >= 0.6 is 0 Å². The summed E-state index contributed by atoms with van der Waals surface area (Å²) in [7, 11) is 0. The number of carbonyl (C=O) groups is 1. The minimum absolute atomic E-state index is 0.0793. The summed E-state index contributed by atoms with van der Waals surface area (Å²) in [5.74, 6) is -0.174. The number of rotatable bonds is 5. The Morgan fingerprint density at radius 3 is 2.76 bits per heavy atom. The fourth-order valence-corrected chi connectivity index (χ4v) is 2.90. The number of nitrogens with zero attached hydrogens (tertiary/aromatic N) is 4. The molecule has 0 aliphatic heterocycles. The van der Waals surface area contributed by atoms with Gasteiger partial charge in [-0.1, -0.05) is 17.3 Å². The van der Waals surface area contributed by atoms with E-state index in [1.165, 1.54) is 23.0 Å². The number of aromatic nitrogens is 4. The second-order valence-corrected chi connectivity index (χ2v) is 6.44. The van der Waals surface area contributed by atoms with Gasteiger partial charge in [-0.05, 0) is 43.3 Å². The van der Waals surface area contributed by atoms with Crippen LogP contribution in [-0.2, 0) is 11.3 Å². The van der Waals surface area contributed by atoms with E-state index >= 15 is 0 Å². The van der Waals surface area contributed by atoms with Crippen LogP contribution in [0.4, 0.5) is 4.39 Å². The molecule has 4 aromatic rings. The molecule has 8 nitrogen and oxygen atoms in total. The normalized spacial score (nSPS) is 12.1. The van der Waals surface area contributed by atoms with Gasteiger partial charge >= 0.3 is 0 Å². The van der Waals surface area contributed by atoms with Crippen molar-refractivity contribution in [2.24, 2.45) is 0 Å². The van der Waals surface area contributed by atoms with Gasteiger partial charge < -0.3 is 9.84 Å². The Labute approximate surface area is 164 Å². The highest BCUT2D eigenvalue weighted by atomic mass is 19.1. The summed E-state index contributed by atoms with van der Waals surface area (Å²) < 4.78 is 19.7. The first-order valence-electron chi connectivity index (χ1n) is 8.85. The third-order valence-corrected chi connectivity index (χ3v) is 4.35. The molecule has 146 valence electrons. The quantitative estimate of drug-likeness (QED) is 0.559. The molecule has 2 heterocycles. The summed E-state index contributed by atoms with van der Waals surface area (Å²) in [6.45, 7) is 1.63. The Kier molecular flexibility index (Phi) is 4.86. The maximum Gasteiger partial charge on any atom is 0.249 e. The highest BCUT2D eigenvalue weighted by molar-refractivity contribution is 5.81. The topological polar surface area (TPSA) is 103 Å². The smallest absolute Gasteiger partial charge is 0.249 e. The molecule has 0 fully saturated rings. The Bertz CT molecular complexity index is 1230. The Hall–Kier alpha value is -3.88. The van der Waals surface area contributed by atoms with Crippen LogP contribution in [0, 0.1) is 5.82 Å². The van der Waals surface area contributed by atoms with Gasteiger partial charge in [0, 0.05) is 10.9 Å². The number of nitrogens with one attached hydrogen (secondary N) is 1. The zero-order valence-electron chi connectivity index (χ0n) is 15.4. The van der Waals surface area contributed by atoms with E-state index in [1.807, 2.05) is 0 Å². The molecule has 1 N–H and O–H groups in total. The third-order valence-electron chi connectivity index (χ3n) is 4.35. The molecule has 2 aromatic carbocycles. The van der Waals surface area contributed by atoms with E-state index in [0.717, 1.165) is 0 Å². The van der Waals surface area contributed by atoms with Crippen molar-refractivity contribution in [1.82, 2.24) is 25.2 Å². The highest BCUT2D eigenvalue weighted by Gasteiger charge is 2.18. The average molecular weight is 393 g/mol. The summed E-state index contributed by atoms with van der Waals surface area (Å²) >= 11 is 0. The number of fused-ring (bicyclic) bond motifs is 1. The van der Waals surface area contributed by atoms with Crippen molar-refractivity contribution < 1.29 is 13.7 Å². The average Bonchev–Trinajstić information content (AvgIpc) is 3.21. The van der Waals surface area contributed by atoms with E-state index in [-0.39, 0.29) is 29.6 Å². The van der Waals surface area contributed by atoms with Gasteiger partial charge in [0.2, 0.25) is 23.1 Å². The molecule has 0 saturated carbocycles. The lowest BCUT2D eigenvalue weighted by Crippen LogP contribution is -2.31. The monoisotopic (exact) mass is 393 g/mol. The summed E-state index contributed by atoms with van der Waals surface area (Å²) in [4.78, 5) is 28.6. The first-order chi connectivity index (χ1) is 14.0. The predicted molar refractivity (Wildman–Crippen MR) is 102 cm³/mol. The maximum atomic E-state index is 13.0. The van der Waals surface area contributed by atoms with Crippen LogP contribution in [-0.4, -0.2) is 25.8 Å². The molecular formula is C20H16FN5O3. The van der Waals surface area contributed by atoms with Gasteiger partial charge in [-0.2, -0.15) is 10.1 Å². The molecule has 0 bridgehead atoms. The lowest BCUT2D eigenvalue weighted by atomic mass is 10.2. The van der Waals surface area contributed by atoms with Gasteiger partial charge in [0.25, 0.3) is 0 Å². The van der Waals surface area contributed by atoms with Crippen molar-refractivity contribution in [2.45, 2.75) is 19.5 Å². The van der Waals surface area contributed by atoms with E-state index in [2.05, 4.69) is 20.6 Å². The van der Waals surface area contributed by atoms with Crippen LogP contribution in [0.3, 0.4) is 0 Å². The fraction of sp³-hybridized carbons (Fsp3) is 0.150. The van der Waals surface area contributed by atoms with E-state index < -0.39 is 6.04 Å². The second-order valence-electron chi connectivity index (χ2n) is 6.44. The molecule has 9 heteroatoms. The number of halogens is 1. The van der Waals surface area contributed by atoms with Crippen LogP contribution in [0.2, 0.25) is 0 Å². The minimum atomic E-state index is -0.546. The number of para-hydroxylation sites is 1. The summed E-state index contributed by atoms with van der Waals surface area (Å²) in [5.41, 5.74) is 0.966. The van der Waals surface area contributed by atoms with Gasteiger partial charge in [0.15, 0.2) is 0 Å². The molecule has 0 spiro atoms. The number of hydrogen-bond acceptors (Lipinski definition) is 6. The molecule has 29 heavy (non-hydrogen) atoms. The Morgan fingerprint density at radius 2 is 1.97 bits per heavy atom. The molecule has 0 radical (unpaired) electrons. The van der Waals surface area contributed by atoms with Crippen molar-refractivity contribution in [1.29, 1.82) is 0 Å². The molecule has 1 atom stereocenters. The van der Waals surface area contributed by atoms with Crippen molar-refractivity contribution in [3.63, 3.8) is 0 Å². The second kappa shape index (κ2) is 7.63. The minimum Gasteiger partial charge on any atom is -0.343 e. The van der Waals surface area contributed by atoms with Gasteiger partial charge in [0.05, 0.1) is 11.7 Å². The van der Waals surface area contributed by atoms with Crippen LogP contribution in [0.25, 0.3) is 22.3 Å². The van der Waals surface area contributed by atoms with E-state index in [0.29, 0.717) is 22.3 Å². The van der Waals surface area contributed by atoms with Crippen LogP contribution in [0.5, 0.6) is 0 Å². The maximum absolute atomic E-state index is 13.0. The molecule has 2 aromatic heterocycles. The SMILES string of the molecule is CC(NC(=O)Cn1ncc(=O)c2ccccc21)c1nc(-c2ccc(F)cc2)no1. The Balaban J connectivity index is 1.47. The van der Waals surface area contributed by atoms with E-state index in [9.17, 15) is 14.0 Å². The van der Waals surface area contributed by atoms with Crippen molar-refractivity contribution >= 4 is 16.8 Å². The summed E-state index contributed by atoms with van der Waals surface area (Å²) in [5, 5.41) is 11.2. The van der Waals surface area contributed by atoms with E-state index in [1.54, 1.807) is 43.3 Å². The first-order valence-corrected chi connectivity index (χ1v) is 8.85. The first kappa shape index (κ1) is 18.5.